The van der Waals surface area contributed by atoms with Crippen molar-refractivity contribution in [1.82, 2.24) is 4.90 Å². The van der Waals surface area contributed by atoms with E-state index in [0.29, 0.717) is 12.0 Å². The molecule has 0 saturated carbocycles. The van der Waals surface area contributed by atoms with E-state index in [4.69, 9.17) is 17.3 Å². The van der Waals surface area contributed by atoms with Crippen molar-refractivity contribution in [3.05, 3.63) is 34.9 Å². The number of rotatable bonds is 7. The number of hydrogen-bond donors (Lipinski definition) is 1. The number of nitrogens with two attached hydrogens (primary N) is 1. The molecule has 2 N–H and O–H groups in total. The number of likely N-dealkylation sites (N-methyl/N-ethyl adjacent to an activating group) is 1. The number of nitrogens with zero attached hydrogens (tertiary/aromatic N) is 1. The summed E-state index contributed by atoms with van der Waals surface area (Å²) in [7, 11) is 2.16. The Balaban J connectivity index is 3.04. The Morgan fingerprint density at radius 2 is 1.80 bits per heavy atom. The van der Waals surface area contributed by atoms with Gasteiger partial charge in [0.1, 0.15) is 0 Å². The van der Waals surface area contributed by atoms with Gasteiger partial charge in [0.05, 0.1) is 6.04 Å². The van der Waals surface area contributed by atoms with Crippen molar-refractivity contribution in [2.45, 2.75) is 58.7 Å². The molecule has 3 atom stereocenters. The molecule has 0 radical (unpaired) electrons. The summed E-state index contributed by atoms with van der Waals surface area (Å²) in [6.07, 6.45) is 2.10. The predicted octanol–water partition coefficient (Wildman–Crippen LogP) is 4.48. The summed E-state index contributed by atoms with van der Waals surface area (Å²) < 4.78 is 0. The molecule has 0 saturated heterocycles. The summed E-state index contributed by atoms with van der Waals surface area (Å²) in [5.74, 6) is 0.678. The monoisotopic (exact) mass is 296 g/mol. The highest BCUT2D eigenvalue weighted by atomic mass is 35.5. The van der Waals surface area contributed by atoms with Gasteiger partial charge in [-0.2, -0.15) is 0 Å². The topological polar surface area (TPSA) is 29.3 Å². The number of benzene rings is 1. The first-order chi connectivity index (χ1) is 9.38. The van der Waals surface area contributed by atoms with E-state index in [9.17, 15) is 0 Å². The molecule has 0 heterocycles. The van der Waals surface area contributed by atoms with Crippen LogP contribution in [0.1, 0.15) is 52.1 Å². The van der Waals surface area contributed by atoms with E-state index in [1.54, 1.807) is 0 Å². The largest absolute Gasteiger partial charge is 0.326 e. The Kier molecular flexibility index (Phi) is 7.01. The minimum absolute atomic E-state index is 0.0921. The van der Waals surface area contributed by atoms with Crippen LogP contribution >= 0.6 is 11.6 Å². The van der Waals surface area contributed by atoms with Crippen molar-refractivity contribution in [1.29, 1.82) is 0 Å². The average molecular weight is 297 g/mol. The molecule has 20 heavy (non-hydrogen) atoms. The summed E-state index contributed by atoms with van der Waals surface area (Å²) in [6.45, 7) is 8.92. The van der Waals surface area contributed by atoms with Gasteiger partial charge in [-0.05, 0) is 44.4 Å². The molecule has 0 aromatic heterocycles. The lowest BCUT2D eigenvalue weighted by atomic mass is 9.93. The number of halogens is 1. The van der Waals surface area contributed by atoms with Gasteiger partial charge in [-0.15, -0.1) is 0 Å². The van der Waals surface area contributed by atoms with Crippen LogP contribution in [-0.4, -0.2) is 24.0 Å². The van der Waals surface area contributed by atoms with E-state index in [1.165, 1.54) is 0 Å². The van der Waals surface area contributed by atoms with Gasteiger partial charge in [-0.3, -0.25) is 4.90 Å². The molecule has 0 bridgehead atoms. The fourth-order valence-corrected chi connectivity index (χ4v) is 3.06. The lowest BCUT2D eigenvalue weighted by molar-refractivity contribution is 0.142. The fourth-order valence-electron chi connectivity index (χ4n) is 2.81. The zero-order valence-electron chi connectivity index (χ0n) is 13.4. The van der Waals surface area contributed by atoms with Crippen LogP contribution in [0.25, 0.3) is 0 Å². The molecule has 1 aromatic carbocycles. The molecule has 0 aliphatic heterocycles. The van der Waals surface area contributed by atoms with E-state index < -0.39 is 0 Å². The summed E-state index contributed by atoms with van der Waals surface area (Å²) >= 11 is 6.39. The van der Waals surface area contributed by atoms with Crippen LogP contribution in [0.5, 0.6) is 0 Å². The Morgan fingerprint density at radius 3 is 2.30 bits per heavy atom. The molecule has 0 aliphatic carbocycles. The van der Waals surface area contributed by atoms with Crippen molar-refractivity contribution in [3.8, 4) is 0 Å². The molecule has 0 amide bonds. The predicted molar refractivity (Wildman–Crippen MR) is 89.1 cm³/mol. The van der Waals surface area contributed by atoms with Gasteiger partial charge in [0.25, 0.3) is 0 Å². The number of hydrogen-bond acceptors (Lipinski definition) is 2. The first-order valence-electron chi connectivity index (χ1n) is 7.60. The Morgan fingerprint density at radius 1 is 1.20 bits per heavy atom. The molecule has 3 unspecified atom stereocenters. The summed E-state index contributed by atoms with van der Waals surface area (Å²) in [4.78, 5) is 2.38. The standard InChI is InChI=1S/C17H29ClN2/c1-6-16(19)17(14-9-7-8-10-15(14)18)20(5)13(4)11-12(2)3/h7-10,12-13,16-17H,6,11,19H2,1-5H3. The van der Waals surface area contributed by atoms with Gasteiger partial charge in [0.15, 0.2) is 0 Å². The average Bonchev–Trinajstić information content (AvgIpc) is 2.39. The highest BCUT2D eigenvalue weighted by molar-refractivity contribution is 6.31. The second kappa shape index (κ2) is 8.02. The Bertz CT molecular complexity index is 406. The third kappa shape index (κ3) is 4.47. The molecular formula is C17H29ClN2. The smallest absolute Gasteiger partial charge is 0.0513 e. The highest BCUT2D eigenvalue weighted by Crippen LogP contribution is 2.32. The molecule has 0 spiro atoms. The Labute approximate surface area is 129 Å². The zero-order valence-corrected chi connectivity index (χ0v) is 14.2. The highest BCUT2D eigenvalue weighted by Gasteiger charge is 2.28. The first-order valence-corrected chi connectivity index (χ1v) is 7.98. The van der Waals surface area contributed by atoms with Crippen LogP contribution in [0.15, 0.2) is 24.3 Å². The van der Waals surface area contributed by atoms with Crippen LogP contribution in [-0.2, 0) is 0 Å². The quantitative estimate of drug-likeness (QED) is 0.803. The third-order valence-electron chi connectivity index (χ3n) is 4.05. The van der Waals surface area contributed by atoms with Gasteiger partial charge >= 0.3 is 0 Å². The van der Waals surface area contributed by atoms with E-state index in [-0.39, 0.29) is 12.1 Å². The molecule has 0 fully saturated rings. The van der Waals surface area contributed by atoms with Crippen LogP contribution in [0.2, 0.25) is 5.02 Å². The molecule has 2 nitrogen and oxygen atoms in total. The molecule has 0 aliphatic rings. The van der Waals surface area contributed by atoms with Crippen LogP contribution in [0.3, 0.4) is 0 Å². The summed E-state index contributed by atoms with van der Waals surface area (Å²) in [5, 5.41) is 0.810. The molecular weight excluding hydrogens is 268 g/mol. The van der Waals surface area contributed by atoms with E-state index >= 15 is 0 Å². The fraction of sp³-hybridized carbons (Fsp3) is 0.647. The maximum absolute atomic E-state index is 6.39. The molecule has 1 aromatic rings. The SMILES string of the molecule is CCC(N)C(c1ccccc1Cl)N(C)C(C)CC(C)C. The maximum Gasteiger partial charge on any atom is 0.0513 e. The summed E-state index contributed by atoms with van der Waals surface area (Å²) in [5.41, 5.74) is 7.53. The molecule has 114 valence electrons. The lowest BCUT2D eigenvalue weighted by Gasteiger charge is -2.38. The lowest BCUT2D eigenvalue weighted by Crippen LogP contribution is -2.43. The van der Waals surface area contributed by atoms with Gasteiger partial charge in [0.2, 0.25) is 0 Å². The zero-order chi connectivity index (χ0) is 15.3. The van der Waals surface area contributed by atoms with Gasteiger partial charge in [-0.1, -0.05) is 50.6 Å². The summed E-state index contributed by atoms with van der Waals surface area (Å²) in [6, 6.07) is 8.80. The van der Waals surface area contributed by atoms with Crippen LogP contribution < -0.4 is 5.73 Å². The minimum atomic E-state index is 0.0921. The van der Waals surface area contributed by atoms with Crippen LogP contribution in [0.4, 0.5) is 0 Å². The van der Waals surface area contributed by atoms with Gasteiger partial charge < -0.3 is 5.73 Å². The van der Waals surface area contributed by atoms with Crippen molar-refractivity contribution >= 4 is 11.6 Å². The minimum Gasteiger partial charge on any atom is -0.326 e. The van der Waals surface area contributed by atoms with Crippen LogP contribution in [0, 0.1) is 5.92 Å². The maximum atomic E-state index is 6.39. The second-order valence-electron chi connectivity index (χ2n) is 6.18. The molecule has 3 heteroatoms. The first kappa shape index (κ1) is 17.5. The van der Waals surface area contributed by atoms with Crippen molar-refractivity contribution in [2.24, 2.45) is 11.7 Å². The Hall–Kier alpha value is -0.570. The van der Waals surface area contributed by atoms with Crippen molar-refractivity contribution < 1.29 is 0 Å². The van der Waals surface area contributed by atoms with Gasteiger partial charge in [-0.25, -0.2) is 0 Å². The van der Waals surface area contributed by atoms with E-state index in [0.717, 1.165) is 23.4 Å². The van der Waals surface area contributed by atoms with Gasteiger partial charge in [0, 0.05) is 17.1 Å². The molecule has 1 rings (SSSR count). The third-order valence-corrected chi connectivity index (χ3v) is 4.39. The second-order valence-corrected chi connectivity index (χ2v) is 6.59. The van der Waals surface area contributed by atoms with Crippen molar-refractivity contribution in [3.63, 3.8) is 0 Å². The van der Waals surface area contributed by atoms with E-state index in [2.05, 4.69) is 45.7 Å². The van der Waals surface area contributed by atoms with Crippen molar-refractivity contribution in [2.75, 3.05) is 7.05 Å². The normalized spacial score (nSPS) is 16.4. The van der Waals surface area contributed by atoms with E-state index in [1.807, 2.05) is 18.2 Å².